The summed E-state index contributed by atoms with van der Waals surface area (Å²) in [6, 6.07) is 4.35. The Labute approximate surface area is 122 Å². The number of likely N-dealkylation sites (tertiary alicyclic amines) is 1. The van der Waals surface area contributed by atoms with Crippen LogP contribution in [0, 0.1) is 11.7 Å². The molecule has 1 aromatic carbocycles. The van der Waals surface area contributed by atoms with Gasteiger partial charge in [-0.05, 0) is 41.3 Å². The maximum absolute atomic E-state index is 13.6. The lowest BCUT2D eigenvalue weighted by atomic mass is 10.1. The third kappa shape index (κ3) is 4.15. The van der Waals surface area contributed by atoms with E-state index in [0.717, 1.165) is 12.5 Å². The van der Waals surface area contributed by atoms with Crippen molar-refractivity contribution in [2.24, 2.45) is 5.92 Å². The fourth-order valence-corrected chi connectivity index (χ4v) is 2.53. The smallest absolute Gasteiger partial charge is 0.328 e. The van der Waals surface area contributed by atoms with Gasteiger partial charge in [0, 0.05) is 25.6 Å². The van der Waals surface area contributed by atoms with Crippen molar-refractivity contribution in [2.75, 3.05) is 6.54 Å². The summed E-state index contributed by atoms with van der Waals surface area (Å²) in [5, 5.41) is 8.60. The van der Waals surface area contributed by atoms with Crippen LogP contribution in [0.4, 0.5) is 4.39 Å². The van der Waals surface area contributed by atoms with Crippen LogP contribution in [0.1, 0.15) is 30.9 Å². The Bertz CT molecular complexity index is 583. The second-order valence-corrected chi connectivity index (χ2v) is 5.32. The highest BCUT2D eigenvalue weighted by atomic mass is 19.1. The highest BCUT2D eigenvalue weighted by Crippen LogP contribution is 2.23. The topological polar surface area (TPSA) is 57.6 Å². The van der Waals surface area contributed by atoms with Gasteiger partial charge in [0.1, 0.15) is 5.82 Å². The number of amides is 1. The van der Waals surface area contributed by atoms with E-state index >= 15 is 0 Å². The number of hydrogen-bond acceptors (Lipinski definition) is 2. The molecule has 0 aromatic heterocycles. The molecule has 0 bridgehead atoms. The van der Waals surface area contributed by atoms with Crippen molar-refractivity contribution >= 4 is 18.0 Å². The number of nitrogens with zero attached hydrogens (tertiary/aromatic N) is 1. The lowest BCUT2D eigenvalue weighted by molar-refractivity contribution is -0.131. The molecule has 1 aliphatic heterocycles. The van der Waals surface area contributed by atoms with Crippen molar-refractivity contribution in [3.05, 3.63) is 41.2 Å². The molecule has 0 radical (unpaired) electrons. The second-order valence-electron chi connectivity index (χ2n) is 5.32. The molecule has 1 heterocycles. The molecular formula is C16H18FNO3. The molecule has 1 unspecified atom stereocenters. The van der Waals surface area contributed by atoms with Crippen molar-refractivity contribution in [2.45, 2.75) is 26.3 Å². The molecule has 112 valence electrons. The first kappa shape index (κ1) is 15.2. The van der Waals surface area contributed by atoms with Crippen molar-refractivity contribution in [1.82, 2.24) is 4.90 Å². The summed E-state index contributed by atoms with van der Waals surface area (Å²) < 4.78 is 13.6. The molecule has 0 aliphatic carbocycles. The zero-order chi connectivity index (χ0) is 15.4. The summed E-state index contributed by atoms with van der Waals surface area (Å²) in [5.74, 6) is -1.05. The molecule has 4 nitrogen and oxygen atoms in total. The van der Waals surface area contributed by atoms with Crippen LogP contribution in [-0.2, 0) is 16.1 Å². The summed E-state index contributed by atoms with van der Waals surface area (Å²) in [6.45, 7) is 3.12. The minimum Gasteiger partial charge on any atom is -0.478 e. The molecular weight excluding hydrogens is 273 g/mol. The first-order chi connectivity index (χ1) is 9.97. The second kappa shape index (κ2) is 6.52. The largest absolute Gasteiger partial charge is 0.478 e. The van der Waals surface area contributed by atoms with E-state index in [9.17, 15) is 14.0 Å². The van der Waals surface area contributed by atoms with E-state index in [2.05, 4.69) is 6.92 Å². The average Bonchev–Trinajstić information content (AvgIpc) is 2.76. The minimum atomic E-state index is -1.08. The zero-order valence-corrected chi connectivity index (χ0v) is 11.9. The van der Waals surface area contributed by atoms with Gasteiger partial charge in [-0.15, -0.1) is 0 Å². The Hall–Kier alpha value is -2.17. The molecule has 1 amide bonds. The number of halogens is 1. The fraction of sp³-hybridized carbons (Fsp3) is 0.375. The Kier molecular flexibility index (Phi) is 4.73. The zero-order valence-electron chi connectivity index (χ0n) is 11.9. The van der Waals surface area contributed by atoms with Crippen LogP contribution in [0.25, 0.3) is 6.08 Å². The molecule has 1 saturated heterocycles. The lowest BCUT2D eigenvalue weighted by Gasteiger charge is -2.17. The molecule has 5 heteroatoms. The van der Waals surface area contributed by atoms with Crippen molar-refractivity contribution < 1.29 is 19.1 Å². The predicted octanol–water partition coefficient (Wildman–Crippen LogP) is 2.68. The molecule has 1 aromatic rings. The molecule has 1 aliphatic rings. The number of rotatable bonds is 5. The number of carboxylic acids is 1. The average molecular weight is 291 g/mol. The quantitative estimate of drug-likeness (QED) is 0.849. The summed E-state index contributed by atoms with van der Waals surface area (Å²) in [4.78, 5) is 24.1. The number of hydrogen-bond donors (Lipinski definition) is 1. The van der Waals surface area contributed by atoms with Gasteiger partial charge in [0.15, 0.2) is 0 Å². The third-order valence-electron chi connectivity index (χ3n) is 3.64. The predicted molar refractivity (Wildman–Crippen MR) is 76.9 cm³/mol. The summed E-state index contributed by atoms with van der Waals surface area (Å²) >= 11 is 0. The number of carbonyl (C=O) groups excluding carboxylic acids is 1. The highest BCUT2D eigenvalue weighted by Gasteiger charge is 2.28. The molecule has 1 N–H and O–H groups in total. The highest BCUT2D eigenvalue weighted by molar-refractivity contribution is 5.85. The molecule has 1 atom stereocenters. The number of aliphatic carboxylic acids is 1. The van der Waals surface area contributed by atoms with E-state index < -0.39 is 11.8 Å². The first-order valence-electron chi connectivity index (χ1n) is 6.96. The van der Waals surface area contributed by atoms with Crippen molar-refractivity contribution in [3.8, 4) is 0 Å². The third-order valence-corrected chi connectivity index (χ3v) is 3.64. The van der Waals surface area contributed by atoms with Crippen LogP contribution in [0.3, 0.4) is 0 Å². The van der Waals surface area contributed by atoms with Gasteiger partial charge in [-0.2, -0.15) is 0 Å². The van der Waals surface area contributed by atoms with Gasteiger partial charge >= 0.3 is 5.97 Å². The minimum absolute atomic E-state index is 0.0914. The summed E-state index contributed by atoms with van der Waals surface area (Å²) in [5.41, 5.74) is 1.15. The van der Waals surface area contributed by atoms with Gasteiger partial charge in [0.05, 0.1) is 0 Å². The lowest BCUT2D eigenvalue weighted by Crippen LogP contribution is -2.24. The SMILES string of the molecule is CCC1CC(=O)N(Cc2cc(F)cc(/C=C/C(=O)O)c2)C1. The van der Waals surface area contributed by atoms with E-state index in [1.165, 1.54) is 18.2 Å². The molecule has 21 heavy (non-hydrogen) atoms. The maximum Gasteiger partial charge on any atom is 0.328 e. The van der Waals surface area contributed by atoms with Crippen LogP contribution in [0.2, 0.25) is 0 Å². The Morgan fingerprint density at radius 3 is 2.86 bits per heavy atom. The molecule has 0 spiro atoms. The maximum atomic E-state index is 13.6. The van der Waals surface area contributed by atoms with Crippen LogP contribution >= 0.6 is 0 Å². The summed E-state index contributed by atoms with van der Waals surface area (Å²) in [7, 11) is 0. The number of benzene rings is 1. The van der Waals surface area contributed by atoms with Crippen LogP contribution in [-0.4, -0.2) is 28.4 Å². The van der Waals surface area contributed by atoms with E-state index in [0.29, 0.717) is 36.6 Å². The summed E-state index contributed by atoms with van der Waals surface area (Å²) in [6.07, 6.45) is 3.82. The monoisotopic (exact) mass is 291 g/mol. The van der Waals surface area contributed by atoms with E-state index in [1.54, 1.807) is 11.0 Å². The van der Waals surface area contributed by atoms with Crippen molar-refractivity contribution in [3.63, 3.8) is 0 Å². The number of carbonyl (C=O) groups is 2. The Morgan fingerprint density at radius 2 is 2.24 bits per heavy atom. The van der Waals surface area contributed by atoms with Gasteiger partial charge in [0.25, 0.3) is 0 Å². The Balaban J connectivity index is 2.13. The fourth-order valence-electron chi connectivity index (χ4n) is 2.53. The standard InChI is InChI=1S/C16H18FNO3/c1-2-11-8-15(19)18(9-11)10-13-5-12(3-4-16(20)21)6-14(17)7-13/h3-7,11H,2,8-10H2,1H3,(H,20,21)/b4-3+. The van der Waals surface area contributed by atoms with Gasteiger partial charge in [-0.1, -0.05) is 13.3 Å². The van der Waals surface area contributed by atoms with Gasteiger partial charge in [-0.3, -0.25) is 4.79 Å². The van der Waals surface area contributed by atoms with E-state index in [1.807, 2.05) is 0 Å². The van der Waals surface area contributed by atoms with E-state index in [-0.39, 0.29) is 5.91 Å². The van der Waals surface area contributed by atoms with E-state index in [4.69, 9.17) is 5.11 Å². The normalized spacial score (nSPS) is 18.7. The number of carboxylic acid groups (broad SMARTS) is 1. The van der Waals surface area contributed by atoms with Crippen LogP contribution in [0.5, 0.6) is 0 Å². The Morgan fingerprint density at radius 1 is 1.48 bits per heavy atom. The van der Waals surface area contributed by atoms with Crippen LogP contribution in [0.15, 0.2) is 24.3 Å². The van der Waals surface area contributed by atoms with Gasteiger partial charge < -0.3 is 10.0 Å². The first-order valence-corrected chi connectivity index (χ1v) is 6.96. The van der Waals surface area contributed by atoms with Crippen LogP contribution < -0.4 is 0 Å². The van der Waals surface area contributed by atoms with Crippen molar-refractivity contribution in [1.29, 1.82) is 0 Å². The molecule has 2 rings (SSSR count). The van der Waals surface area contributed by atoms with Gasteiger partial charge in [-0.25, -0.2) is 9.18 Å². The molecule has 1 fully saturated rings. The van der Waals surface area contributed by atoms with Gasteiger partial charge in [0.2, 0.25) is 5.91 Å². The molecule has 0 saturated carbocycles.